The number of nitrogens with one attached hydrogen (secondary N) is 1. The fourth-order valence-electron chi connectivity index (χ4n) is 2.30. The molecule has 0 bridgehead atoms. The second-order valence-corrected chi connectivity index (χ2v) is 6.50. The number of hydrogen-bond acceptors (Lipinski definition) is 3. The zero-order valence-electron chi connectivity index (χ0n) is 13.7. The first-order valence-corrected chi connectivity index (χ1v) is 8.58. The molecule has 0 aliphatic carbocycles. The van der Waals surface area contributed by atoms with E-state index in [4.69, 9.17) is 0 Å². The van der Waals surface area contributed by atoms with E-state index in [-0.39, 0.29) is 5.91 Å². The van der Waals surface area contributed by atoms with Crippen LogP contribution in [0.25, 0.3) is 0 Å². The van der Waals surface area contributed by atoms with Gasteiger partial charge in [0.1, 0.15) is 0 Å². The molecule has 0 saturated heterocycles. The standard InChI is InChI=1S/C19H17BrN4O/c1-14-4-2-3-5-16(14)12-21-22-19(25)18-10-11-24(23-18)13-15-6-8-17(20)9-7-15/h2-12H,13H2,1H3,(H,22,25). The van der Waals surface area contributed by atoms with E-state index in [1.807, 2.05) is 55.5 Å². The molecule has 0 aliphatic heterocycles. The SMILES string of the molecule is Cc1ccccc1C=NNC(=O)c1ccn(Cc2ccc(Br)cc2)n1. The van der Waals surface area contributed by atoms with E-state index in [1.54, 1.807) is 23.2 Å². The Morgan fingerprint density at radius 3 is 2.72 bits per heavy atom. The lowest BCUT2D eigenvalue weighted by Gasteiger charge is -2.02. The third-order valence-corrected chi connectivity index (χ3v) is 4.22. The molecule has 25 heavy (non-hydrogen) atoms. The summed E-state index contributed by atoms with van der Waals surface area (Å²) < 4.78 is 2.76. The summed E-state index contributed by atoms with van der Waals surface area (Å²) in [6, 6.07) is 17.5. The second-order valence-electron chi connectivity index (χ2n) is 5.58. The van der Waals surface area contributed by atoms with Crippen molar-refractivity contribution in [3.05, 3.63) is 87.7 Å². The molecule has 1 N–H and O–H groups in total. The Hall–Kier alpha value is -2.73. The molecule has 0 fully saturated rings. The van der Waals surface area contributed by atoms with Gasteiger partial charge in [-0.25, -0.2) is 5.43 Å². The maximum atomic E-state index is 12.1. The number of rotatable bonds is 5. The van der Waals surface area contributed by atoms with Crippen LogP contribution in [0, 0.1) is 6.92 Å². The summed E-state index contributed by atoms with van der Waals surface area (Å²) in [4.78, 5) is 12.1. The third-order valence-electron chi connectivity index (χ3n) is 3.69. The van der Waals surface area contributed by atoms with E-state index >= 15 is 0 Å². The number of aromatic nitrogens is 2. The fourth-order valence-corrected chi connectivity index (χ4v) is 2.56. The molecule has 5 nitrogen and oxygen atoms in total. The molecule has 0 spiro atoms. The van der Waals surface area contributed by atoms with E-state index in [9.17, 15) is 4.79 Å². The van der Waals surface area contributed by atoms with Gasteiger partial charge in [-0.1, -0.05) is 52.3 Å². The van der Waals surface area contributed by atoms with Gasteiger partial charge >= 0.3 is 0 Å². The molecule has 6 heteroatoms. The number of hydrazone groups is 1. The van der Waals surface area contributed by atoms with Gasteiger partial charge in [0.15, 0.2) is 5.69 Å². The first-order valence-electron chi connectivity index (χ1n) is 7.79. The molecular weight excluding hydrogens is 380 g/mol. The summed E-state index contributed by atoms with van der Waals surface area (Å²) in [6.07, 6.45) is 3.41. The van der Waals surface area contributed by atoms with Crippen molar-refractivity contribution in [2.24, 2.45) is 5.10 Å². The van der Waals surface area contributed by atoms with Crippen LogP contribution in [0.2, 0.25) is 0 Å². The minimum absolute atomic E-state index is 0.332. The van der Waals surface area contributed by atoms with Crippen LogP contribution in [0.4, 0.5) is 0 Å². The summed E-state index contributed by atoms with van der Waals surface area (Å²) in [6.45, 7) is 2.60. The first kappa shape index (κ1) is 17.1. The quantitative estimate of drug-likeness (QED) is 0.527. The lowest BCUT2D eigenvalue weighted by atomic mass is 10.1. The van der Waals surface area contributed by atoms with Crippen LogP contribution in [0.3, 0.4) is 0 Å². The molecule has 3 aromatic rings. The van der Waals surface area contributed by atoms with Crippen LogP contribution in [0.1, 0.15) is 27.2 Å². The van der Waals surface area contributed by atoms with Gasteiger partial charge in [0, 0.05) is 10.7 Å². The largest absolute Gasteiger partial charge is 0.291 e. The molecule has 1 heterocycles. The molecule has 0 saturated carbocycles. The Morgan fingerprint density at radius 2 is 1.96 bits per heavy atom. The van der Waals surface area contributed by atoms with Crippen LogP contribution in [-0.4, -0.2) is 21.9 Å². The number of carbonyl (C=O) groups is 1. The van der Waals surface area contributed by atoms with Gasteiger partial charge in [0.05, 0.1) is 12.8 Å². The lowest BCUT2D eigenvalue weighted by molar-refractivity contribution is 0.0949. The minimum Gasteiger partial charge on any atom is -0.268 e. The van der Waals surface area contributed by atoms with Gasteiger partial charge in [-0.15, -0.1) is 0 Å². The smallest absolute Gasteiger partial charge is 0.268 e. The molecule has 0 unspecified atom stereocenters. The van der Waals surface area contributed by atoms with Crippen molar-refractivity contribution in [2.75, 3.05) is 0 Å². The molecule has 1 aromatic heterocycles. The normalized spacial score (nSPS) is 11.0. The Bertz CT molecular complexity index is 900. The fraction of sp³-hybridized carbons (Fsp3) is 0.105. The summed E-state index contributed by atoms with van der Waals surface area (Å²) in [5.74, 6) is -0.334. The van der Waals surface area contributed by atoms with Gasteiger partial charge in [0.25, 0.3) is 5.91 Å². The summed E-state index contributed by atoms with van der Waals surface area (Å²) in [5.41, 5.74) is 6.01. The average Bonchev–Trinajstić information content (AvgIpc) is 3.07. The number of amides is 1. The highest BCUT2D eigenvalue weighted by Crippen LogP contribution is 2.11. The maximum absolute atomic E-state index is 12.1. The van der Waals surface area contributed by atoms with Crippen LogP contribution < -0.4 is 5.43 Å². The Kier molecular flexibility index (Phi) is 5.40. The van der Waals surface area contributed by atoms with Gasteiger partial charge < -0.3 is 0 Å². The van der Waals surface area contributed by atoms with Gasteiger partial charge in [-0.3, -0.25) is 9.48 Å². The summed E-state index contributed by atoms with van der Waals surface area (Å²) >= 11 is 3.41. The van der Waals surface area contributed by atoms with Crippen LogP contribution in [0.15, 0.2) is 70.4 Å². The Balaban J connectivity index is 1.60. The van der Waals surface area contributed by atoms with Crippen molar-refractivity contribution < 1.29 is 4.79 Å². The van der Waals surface area contributed by atoms with Crippen molar-refractivity contribution in [1.29, 1.82) is 0 Å². The summed E-state index contributed by atoms with van der Waals surface area (Å²) in [5, 5.41) is 8.29. The maximum Gasteiger partial charge on any atom is 0.291 e. The number of hydrogen-bond donors (Lipinski definition) is 1. The van der Waals surface area contributed by atoms with E-state index in [0.717, 1.165) is 21.2 Å². The summed E-state index contributed by atoms with van der Waals surface area (Å²) in [7, 11) is 0. The Labute approximate surface area is 154 Å². The minimum atomic E-state index is -0.334. The molecule has 126 valence electrons. The Morgan fingerprint density at radius 1 is 1.20 bits per heavy atom. The van der Waals surface area contributed by atoms with Crippen molar-refractivity contribution in [1.82, 2.24) is 15.2 Å². The van der Waals surface area contributed by atoms with E-state index in [2.05, 4.69) is 31.6 Å². The van der Waals surface area contributed by atoms with Crippen molar-refractivity contribution >= 4 is 28.1 Å². The average molecular weight is 397 g/mol. The predicted octanol–water partition coefficient (Wildman–Crippen LogP) is 3.77. The number of aryl methyl sites for hydroxylation is 1. The number of carbonyl (C=O) groups excluding carboxylic acids is 1. The van der Waals surface area contributed by atoms with Gasteiger partial charge in [-0.2, -0.15) is 10.2 Å². The van der Waals surface area contributed by atoms with Gasteiger partial charge in [0.2, 0.25) is 0 Å². The van der Waals surface area contributed by atoms with Crippen LogP contribution in [0.5, 0.6) is 0 Å². The highest BCUT2D eigenvalue weighted by atomic mass is 79.9. The highest BCUT2D eigenvalue weighted by Gasteiger charge is 2.08. The molecule has 2 aromatic carbocycles. The van der Waals surface area contributed by atoms with E-state index in [0.29, 0.717) is 12.2 Å². The molecular formula is C19H17BrN4O. The zero-order chi connectivity index (χ0) is 17.6. The molecule has 0 radical (unpaired) electrons. The second kappa shape index (κ2) is 7.90. The monoisotopic (exact) mass is 396 g/mol. The molecule has 1 amide bonds. The van der Waals surface area contributed by atoms with Crippen LogP contribution >= 0.6 is 15.9 Å². The highest BCUT2D eigenvalue weighted by molar-refractivity contribution is 9.10. The molecule has 0 aliphatic rings. The topological polar surface area (TPSA) is 59.3 Å². The van der Waals surface area contributed by atoms with Crippen molar-refractivity contribution in [2.45, 2.75) is 13.5 Å². The number of benzene rings is 2. The van der Waals surface area contributed by atoms with E-state index in [1.165, 1.54) is 0 Å². The predicted molar refractivity (Wildman–Crippen MR) is 102 cm³/mol. The molecule has 3 rings (SSSR count). The first-order chi connectivity index (χ1) is 12.1. The van der Waals surface area contributed by atoms with Crippen molar-refractivity contribution in [3.8, 4) is 0 Å². The van der Waals surface area contributed by atoms with Gasteiger partial charge in [-0.05, 0) is 41.8 Å². The zero-order valence-corrected chi connectivity index (χ0v) is 15.3. The van der Waals surface area contributed by atoms with Crippen molar-refractivity contribution in [3.63, 3.8) is 0 Å². The lowest BCUT2D eigenvalue weighted by Crippen LogP contribution is -2.18. The van der Waals surface area contributed by atoms with E-state index < -0.39 is 0 Å². The number of halogens is 1. The molecule has 0 atom stereocenters. The number of nitrogens with zero attached hydrogens (tertiary/aromatic N) is 3. The third kappa shape index (κ3) is 4.64. The van der Waals surface area contributed by atoms with Crippen LogP contribution in [-0.2, 0) is 6.54 Å².